The van der Waals surface area contributed by atoms with E-state index in [9.17, 15) is 9.59 Å². The summed E-state index contributed by atoms with van der Waals surface area (Å²) in [6, 6.07) is 15.7. The van der Waals surface area contributed by atoms with Gasteiger partial charge in [-0.15, -0.1) is 0 Å². The second-order valence-corrected chi connectivity index (χ2v) is 6.43. The van der Waals surface area contributed by atoms with Gasteiger partial charge in [0, 0.05) is 6.54 Å². The molecule has 1 aliphatic carbocycles. The Kier molecular flexibility index (Phi) is 5.03. The number of aryl methyl sites for hydroxylation is 1. The second-order valence-electron chi connectivity index (χ2n) is 6.43. The molecule has 1 fully saturated rings. The average molecular weight is 339 g/mol. The maximum atomic E-state index is 11.8. The van der Waals surface area contributed by atoms with E-state index in [2.05, 4.69) is 11.4 Å². The van der Waals surface area contributed by atoms with Gasteiger partial charge in [0.15, 0.2) is 0 Å². The SMILES string of the molecule is Cc1cccc(COc2ccc(CNC(=O)C3CC3C(=O)O)cc2)c1. The number of hydrogen-bond donors (Lipinski definition) is 2. The molecule has 1 amide bonds. The van der Waals surface area contributed by atoms with Crippen molar-refractivity contribution < 1.29 is 19.4 Å². The fourth-order valence-corrected chi connectivity index (χ4v) is 2.75. The Balaban J connectivity index is 1.46. The summed E-state index contributed by atoms with van der Waals surface area (Å²) in [6.45, 7) is 2.95. The highest BCUT2D eigenvalue weighted by Crippen LogP contribution is 2.38. The van der Waals surface area contributed by atoms with Gasteiger partial charge >= 0.3 is 5.97 Å². The molecule has 0 bridgehead atoms. The smallest absolute Gasteiger partial charge is 0.307 e. The zero-order valence-corrected chi connectivity index (χ0v) is 14.1. The summed E-state index contributed by atoms with van der Waals surface area (Å²) >= 11 is 0. The van der Waals surface area contributed by atoms with Crippen LogP contribution in [0.1, 0.15) is 23.1 Å². The lowest BCUT2D eigenvalue weighted by molar-refractivity contribution is -0.140. The molecule has 5 nitrogen and oxygen atoms in total. The number of nitrogens with one attached hydrogen (secondary N) is 1. The molecule has 2 unspecified atom stereocenters. The highest BCUT2D eigenvalue weighted by molar-refractivity contribution is 5.89. The van der Waals surface area contributed by atoms with Crippen molar-refractivity contribution in [2.24, 2.45) is 11.8 Å². The van der Waals surface area contributed by atoms with Crippen molar-refractivity contribution >= 4 is 11.9 Å². The van der Waals surface area contributed by atoms with Crippen LogP contribution in [0.15, 0.2) is 48.5 Å². The molecular formula is C20H21NO4. The topological polar surface area (TPSA) is 75.6 Å². The van der Waals surface area contributed by atoms with Crippen LogP contribution in [0.5, 0.6) is 5.75 Å². The molecule has 0 saturated heterocycles. The van der Waals surface area contributed by atoms with E-state index >= 15 is 0 Å². The number of benzene rings is 2. The van der Waals surface area contributed by atoms with Crippen LogP contribution in [-0.2, 0) is 22.7 Å². The third kappa shape index (κ3) is 4.59. The minimum absolute atomic E-state index is 0.188. The fourth-order valence-electron chi connectivity index (χ4n) is 2.75. The van der Waals surface area contributed by atoms with E-state index < -0.39 is 11.9 Å². The number of carbonyl (C=O) groups is 2. The van der Waals surface area contributed by atoms with Gasteiger partial charge < -0.3 is 15.2 Å². The van der Waals surface area contributed by atoms with Crippen molar-refractivity contribution in [3.8, 4) is 5.75 Å². The highest BCUT2D eigenvalue weighted by Gasteiger charge is 2.48. The predicted molar refractivity (Wildman–Crippen MR) is 93.0 cm³/mol. The van der Waals surface area contributed by atoms with Crippen molar-refractivity contribution in [1.29, 1.82) is 0 Å². The van der Waals surface area contributed by atoms with Crippen LogP contribution < -0.4 is 10.1 Å². The van der Waals surface area contributed by atoms with Crippen molar-refractivity contribution in [3.63, 3.8) is 0 Å². The van der Waals surface area contributed by atoms with Gasteiger partial charge in [-0.1, -0.05) is 42.0 Å². The molecule has 3 rings (SSSR count). The third-order valence-corrected chi connectivity index (χ3v) is 4.32. The summed E-state index contributed by atoms with van der Waals surface area (Å²) in [6.07, 6.45) is 0.437. The first-order valence-electron chi connectivity index (χ1n) is 8.31. The molecule has 0 aliphatic heterocycles. The lowest BCUT2D eigenvalue weighted by Gasteiger charge is -2.09. The molecule has 0 aromatic heterocycles. The second kappa shape index (κ2) is 7.38. The van der Waals surface area contributed by atoms with Crippen LogP contribution in [0.3, 0.4) is 0 Å². The summed E-state index contributed by atoms with van der Waals surface area (Å²) in [5, 5.41) is 11.6. The third-order valence-electron chi connectivity index (χ3n) is 4.32. The first-order chi connectivity index (χ1) is 12.0. The van der Waals surface area contributed by atoms with Crippen molar-refractivity contribution in [3.05, 3.63) is 65.2 Å². The van der Waals surface area contributed by atoms with Crippen LogP contribution in [0.4, 0.5) is 0 Å². The van der Waals surface area contributed by atoms with E-state index in [0.29, 0.717) is 19.6 Å². The van der Waals surface area contributed by atoms with E-state index in [0.717, 1.165) is 16.9 Å². The zero-order valence-electron chi connectivity index (χ0n) is 14.1. The minimum Gasteiger partial charge on any atom is -0.489 e. The van der Waals surface area contributed by atoms with Crippen LogP contribution >= 0.6 is 0 Å². The Labute approximate surface area is 146 Å². The molecule has 0 heterocycles. The normalized spacial score (nSPS) is 18.4. The maximum Gasteiger partial charge on any atom is 0.307 e. The van der Waals surface area contributed by atoms with E-state index in [1.807, 2.05) is 49.4 Å². The Hall–Kier alpha value is -2.82. The Morgan fingerprint density at radius 2 is 1.88 bits per heavy atom. The number of rotatable bonds is 7. The van der Waals surface area contributed by atoms with Crippen LogP contribution in [-0.4, -0.2) is 17.0 Å². The molecule has 1 aliphatic rings. The number of carboxylic acids is 1. The first kappa shape index (κ1) is 17.0. The average Bonchev–Trinajstić information content (AvgIpc) is 3.40. The number of carbonyl (C=O) groups excluding carboxylic acids is 1. The molecule has 2 N–H and O–H groups in total. The standard InChI is InChI=1S/C20H21NO4/c1-13-3-2-4-15(9-13)12-25-16-7-5-14(6-8-16)11-21-19(22)17-10-18(17)20(23)24/h2-9,17-18H,10-12H2,1H3,(H,21,22)(H,23,24). The van der Waals surface area contributed by atoms with Crippen LogP contribution in [0.2, 0.25) is 0 Å². The molecule has 2 aromatic carbocycles. The lowest BCUT2D eigenvalue weighted by Crippen LogP contribution is -2.25. The molecule has 2 aromatic rings. The summed E-state index contributed by atoms with van der Waals surface area (Å²) in [4.78, 5) is 22.6. The zero-order chi connectivity index (χ0) is 17.8. The lowest BCUT2D eigenvalue weighted by atomic mass is 10.1. The van der Waals surface area contributed by atoms with Gasteiger partial charge in [0.1, 0.15) is 12.4 Å². The van der Waals surface area contributed by atoms with Gasteiger partial charge in [0.25, 0.3) is 0 Å². The quantitative estimate of drug-likeness (QED) is 0.813. The van der Waals surface area contributed by atoms with Gasteiger partial charge in [0.05, 0.1) is 11.8 Å². The van der Waals surface area contributed by atoms with Gasteiger partial charge in [0.2, 0.25) is 5.91 Å². The fraction of sp³-hybridized carbons (Fsp3) is 0.300. The highest BCUT2D eigenvalue weighted by atomic mass is 16.5. The monoisotopic (exact) mass is 339 g/mol. The first-order valence-corrected chi connectivity index (χ1v) is 8.31. The van der Waals surface area contributed by atoms with Crippen LogP contribution in [0.25, 0.3) is 0 Å². The van der Waals surface area contributed by atoms with Gasteiger partial charge in [-0.2, -0.15) is 0 Å². The van der Waals surface area contributed by atoms with Crippen molar-refractivity contribution in [1.82, 2.24) is 5.32 Å². The number of hydrogen-bond acceptors (Lipinski definition) is 3. The van der Waals surface area contributed by atoms with Crippen molar-refractivity contribution in [2.45, 2.75) is 26.5 Å². The Bertz CT molecular complexity index is 770. The molecule has 1 saturated carbocycles. The summed E-state index contributed by atoms with van der Waals surface area (Å²) < 4.78 is 5.76. The summed E-state index contributed by atoms with van der Waals surface area (Å²) in [7, 11) is 0. The number of ether oxygens (including phenoxy) is 1. The number of aliphatic carboxylic acids is 1. The maximum absolute atomic E-state index is 11.8. The van der Waals surface area contributed by atoms with Gasteiger partial charge in [-0.05, 0) is 36.6 Å². The van der Waals surface area contributed by atoms with E-state index in [1.54, 1.807) is 0 Å². The largest absolute Gasteiger partial charge is 0.489 e. The summed E-state index contributed by atoms with van der Waals surface area (Å²) in [5.74, 6) is -1.21. The molecule has 0 radical (unpaired) electrons. The van der Waals surface area contributed by atoms with Gasteiger partial charge in [-0.3, -0.25) is 9.59 Å². The number of amides is 1. The van der Waals surface area contributed by atoms with E-state index in [4.69, 9.17) is 9.84 Å². The van der Waals surface area contributed by atoms with E-state index in [1.165, 1.54) is 5.56 Å². The Morgan fingerprint density at radius 1 is 1.12 bits per heavy atom. The number of carboxylic acid groups (broad SMARTS) is 1. The summed E-state index contributed by atoms with van der Waals surface area (Å²) in [5.41, 5.74) is 3.27. The molecular weight excluding hydrogens is 318 g/mol. The molecule has 25 heavy (non-hydrogen) atoms. The molecule has 0 spiro atoms. The minimum atomic E-state index is -0.893. The predicted octanol–water partition coefficient (Wildman–Crippen LogP) is 2.91. The van der Waals surface area contributed by atoms with Crippen LogP contribution in [0, 0.1) is 18.8 Å². The molecule has 2 atom stereocenters. The van der Waals surface area contributed by atoms with Gasteiger partial charge in [-0.25, -0.2) is 0 Å². The molecule has 130 valence electrons. The molecule has 5 heteroatoms. The van der Waals surface area contributed by atoms with E-state index in [-0.39, 0.29) is 11.8 Å². The Morgan fingerprint density at radius 3 is 2.52 bits per heavy atom. The van der Waals surface area contributed by atoms with Crippen molar-refractivity contribution in [2.75, 3.05) is 0 Å².